The second kappa shape index (κ2) is 5.29. The molecular formula is C13H17N3O2S. The number of nitrogens with two attached hydrogens (primary N) is 1. The number of nitrogens with zero attached hydrogens (tertiary/aromatic N) is 2. The van der Waals surface area contributed by atoms with Crippen LogP contribution in [0.1, 0.15) is 18.9 Å². The molecule has 0 bridgehead atoms. The van der Waals surface area contributed by atoms with Crippen LogP contribution in [0.15, 0.2) is 29.2 Å². The molecule has 6 heteroatoms. The fourth-order valence-corrected chi connectivity index (χ4v) is 3.83. The topological polar surface area (TPSA) is 87.2 Å². The minimum atomic E-state index is -3.51. The number of rotatable bonds is 3. The summed E-state index contributed by atoms with van der Waals surface area (Å²) >= 11 is 0. The van der Waals surface area contributed by atoms with Crippen LogP contribution in [-0.4, -0.2) is 31.9 Å². The Balaban J connectivity index is 2.26. The van der Waals surface area contributed by atoms with Crippen molar-refractivity contribution in [2.24, 2.45) is 11.7 Å². The maximum atomic E-state index is 12.4. The van der Waals surface area contributed by atoms with Crippen LogP contribution in [0.5, 0.6) is 0 Å². The Labute approximate surface area is 113 Å². The predicted octanol–water partition coefficient (Wildman–Crippen LogP) is 0.916. The summed E-state index contributed by atoms with van der Waals surface area (Å²) in [4.78, 5) is 0.178. The Morgan fingerprint density at radius 3 is 2.84 bits per heavy atom. The van der Waals surface area contributed by atoms with Crippen LogP contribution < -0.4 is 5.73 Å². The molecule has 0 amide bonds. The second-order valence-corrected chi connectivity index (χ2v) is 6.85. The van der Waals surface area contributed by atoms with Gasteiger partial charge in [-0.3, -0.25) is 0 Å². The quantitative estimate of drug-likeness (QED) is 0.891. The summed E-state index contributed by atoms with van der Waals surface area (Å²) in [5, 5.41) is 8.83. The molecule has 2 rings (SSSR count). The van der Waals surface area contributed by atoms with Crippen LogP contribution in [0.3, 0.4) is 0 Å². The summed E-state index contributed by atoms with van der Waals surface area (Å²) in [6.07, 6.45) is 0.787. The van der Waals surface area contributed by atoms with Gasteiger partial charge in [-0.15, -0.1) is 0 Å². The molecule has 2 atom stereocenters. The third kappa shape index (κ3) is 2.78. The van der Waals surface area contributed by atoms with E-state index >= 15 is 0 Å². The standard InChI is InChI=1S/C13H17N3O2S/c1-10(15)12-5-6-16(9-12)19(17,18)13-4-2-3-11(7-13)8-14/h2-4,7,10,12H,5-6,9,15H2,1H3. The van der Waals surface area contributed by atoms with Crippen molar-refractivity contribution in [1.29, 1.82) is 5.26 Å². The van der Waals surface area contributed by atoms with E-state index in [1.54, 1.807) is 12.1 Å². The normalized spacial score (nSPS) is 22.1. The molecule has 2 N–H and O–H groups in total. The molecule has 0 spiro atoms. The lowest BCUT2D eigenvalue weighted by Gasteiger charge is -2.18. The smallest absolute Gasteiger partial charge is 0.243 e. The Bertz CT molecular complexity index is 605. The van der Waals surface area contributed by atoms with Gasteiger partial charge in [0.15, 0.2) is 0 Å². The van der Waals surface area contributed by atoms with Crippen molar-refractivity contribution >= 4 is 10.0 Å². The molecule has 1 heterocycles. The Hall–Kier alpha value is -1.42. The van der Waals surface area contributed by atoms with E-state index in [1.807, 2.05) is 13.0 Å². The molecule has 1 aliphatic rings. The Morgan fingerprint density at radius 2 is 2.26 bits per heavy atom. The first-order valence-electron chi connectivity index (χ1n) is 6.21. The van der Waals surface area contributed by atoms with Gasteiger partial charge in [-0.05, 0) is 37.5 Å². The van der Waals surface area contributed by atoms with Gasteiger partial charge in [0.25, 0.3) is 0 Å². The molecule has 2 unspecified atom stereocenters. The molecule has 0 radical (unpaired) electrons. The molecule has 5 nitrogen and oxygen atoms in total. The van der Waals surface area contributed by atoms with Crippen LogP contribution in [0.4, 0.5) is 0 Å². The average molecular weight is 279 g/mol. The molecule has 0 aliphatic carbocycles. The van der Waals surface area contributed by atoms with Crippen molar-refractivity contribution in [3.8, 4) is 6.07 Å². The molecular weight excluding hydrogens is 262 g/mol. The highest BCUT2D eigenvalue weighted by atomic mass is 32.2. The highest BCUT2D eigenvalue weighted by molar-refractivity contribution is 7.89. The maximum absolute atomic E-state index is 12.4. The van der Waals surface area contributed by atoms with Crippen molar-refractivity contribution in [2.75, 3.05) is 13.1 Å². The molecule has 0 aromatic heterocycles. The number of sulfonamides is 1. The van der Waals surface area contributed by atoms with E-state index in [0.29, 0.717) is 18.7 Å². The molecule has 1 fully saturated rings. The largest absolute Gasteiger partial charge is 0.328 e. The third-order valence-corrected chi connectivity index (χ3v) is 5.39. The van der Waals surface area contributed by atoms with Gasteiger partial charge in [-0.2, -0.15) is 9.57 Å². The van der Waals surface area contributed by atoms with E-state index in [1.165, 1.54) is 16.4 Å². The maximum Gasteiger partial charge on any atom is 0.243 e. The third-order valence-electron chi connectivity index (χ3n) is 3.53. The predicted molar refractivity (Wildman–Crippen MR) is 71.7 cm³/mol. The first-order valence-corrected chi connectivity index (χ1v) is 7.65. The second-order valence-electron chi connectivity index (χ2n) is 4.91. The van der Waals surface area contributed by atoms with Crippen molar-refractivity contribution in [3.63, 3.8) is 0 Å². The molecule has 1 aliphatic heterocycles. The lowest BCUT2D eigenvalue weighted by molar-refractivity contribution is 0.429. The molecule has 102 valence electrons. The van der Waals surface area contributed by atoms with E-state index in [0.717, 1.165) is 6.42 Å². The average Bonchev–Trinajstić information content (AvgIpc) is 2.89. The van der Waals surface area contributed by atoms with Gasteiger partial charge in [0.05, 0.1) is 16.5 Å². The summed E-state index contributed by atoms with van der Waals surface area (Å²) in [7, 11) is -3.51. The molecule has 19 heavy (non-hydrogen) atoms. The van der Waals surface area contributed by atoms with Crippen molar-refractivity contribution < 1.29 is 8.42 Å². The zero-order chi connectivity index (χ0) is 14.0. The van der Waals surface area contributed by atoms with Crippen molar-refractivity contribution in [3.05, 3.63) is 29.8 Å². The van der Waals surface area contributed by atoms with Crippen LogP contribution in [0.2, 0.25) is 0 Å². The minimum absolute atomic E-state index is 0.00866. The zero-order valence-electron chi connectivity index (χ0n) is 10.8. The summed E-state index contributed by atoms with van der Waals surface area (Å²) in [5.74, 6) is 0.203. The van der Waals surface area contributed by atoms with Gasteiger partial charge >= 0.3 is 0 Å². The van der Waals surface area contributed by atoms with Crippen LogP contribution in [0.25, 0.3) is 0 Å². The summed E-state index contributed by atoms with van der Waals surface area (Å²) in [6.45, 7) is 2.85. The summed E-state index contributed by atoms with van der Waals surface area (Å²) in [6, 6.07) is 8.06. The number of hydrogen-bond donors (Lipinski definition) is 1. The lowest BCUT2D eigenvalue weighted by Crippen LogP contribution is -2.33. The number of benzene rings is 1. The van der Waals surface area contributed by atoms with E-state index in [2.05, 4.69) is 0 Å². The SMILES string of the molecule is CC(N)C1CCN(S(=O)(=O)c2cccc(C#N)c2)C1. The van der Waals surface area contributed by atoms with Gasteiger partial charge < -0.3 is 5.73 Å². The van der Waals surface area contributed by atoms with Gasteiger partial charge in [0, 0.05) is 19.1 Å². The van der Waals surface area contributed by atoms with Crippen molar-refractivity contribution in [1.82, 2.24) is 4.31 Å². The first-order chi connectivity index (χ1) is 8.95. The lowest BCUT2D eigenvalue weighted by atomic mass is 10.0. The molecule has 1 aromatic rings. The van der Waals surface area contributed by atoms with E-state index in [9.17, 15) is 8.42 Å². The fourth-order valence-electron chi connectivity index (χ4n) is 2.28. The van der Waals surface area contributed by atoms with E-state index in [-0.39, 0.29) is 16.9 Å². The highest BCUT2D eigenvalue weighted by Crippen LogP contribution is 2.25. The molecule has 1 aromatic carbocycles. The molecule has 1 saturated heterocycles. The van der Waals surface area contributed by atoms with Crippen molar-refractivity contribution in [2.45, 2.75) is 24.3 Å². The van der Waals surface area contributed by atoms with Gasteiger partial charge in [-0.1, -0.05) is 6.07 Å². The number of hydrogen-bond acceptors (Lipinski definition) is 4. The van der Waals surface area contributed by atoms with Crippen LogP contribution in [-0.2, 0) is 10.0 Å². The monoisotopic (exact) mass is 279 g/mol. The number of nitriles is 1. The summed E-state index contributed by atoms with van der Waals surface area (Å²) < 4.78 is 26.3. The van der Waals surface area contributed by atoms with Gasteiger partial charge in [-0.25, -0.2) is 8.42 Å². The van der Waals surface area contributed by atoms with Crippen LogP contribution in [0, 0.1) is 17.2 Å². The Morgan fingerprint density at radius 1 is 1.53 bits per heavy atom. The Kier molecular flexibility index (Phi) is 3.90. The first kappa shape index (κ1) is 14.0. The van der Waals surface area contributed by atoms with E-state index < -0.39 is 10.0 Å². The zero-order valence-corrected chi connectivity index (χ0v) is 11.6. The van der Waals surface area contributed by atoms with Gasteiger partial charge in [0.1, 0.15) is 0 Å². The molecule has 0 saturated carbocycles. The summed E-state index contributed by atoms with van der Waals surface area (Å²) in [5.41, 5.74) is 6.17. The highest BCUT2D eigenvalue weighted by Gasteiger charge is 2.33. The minimum Gasteiger partial charge on any atom is -0.328 e. The fraction of sp³-hybridized carbons (Fsp3) is 0.462. The van der Waals surface area contributed by atoms with Crippen LogP contribution >= 0.6 is 0 Å². The van der Waals surface area contributed by atoms with Gasteiger partial charge in [0.2, 0.25) is 10.0 Å². The van der Waals surface area contributed by atoms with E-state index in [4.69, 9.17) is 11.0 Å².